The molecule has 1 saturated heterocycles. The van der Waals surface area contributed by atoms with Crippen LogP contribution in [-0.2, 0) is 9.31 Å². The Balaban J connectivity index is 0.000000132. The molecule has 0 saturated carbocycles. The molecule has 0 spiro atoms. The number of aromatic hydroxyl groups is 1. The molecule has 1 N–H and O–H groups in total. The Kier molecular flexibility index (Phi) is 5.05. The highest BCUT2D eigenvalue weighted by molar-refractivity contribution is 6.18. The third-order valence-corrected chi connectivity index (χ3v) is 1.42. The summed E-state index contributed by atoms with van der Waals surface area (Å²) in [6.07, 6.45) is 1.02. The van der Waals surface area contributed by atoms with E-state index in [1.54, 1.807) is 24.3 Å². The molecule has 1 radical (unpaired) electrons. The third kappa shape index (κ3) is 5.28. The first-order chi connectivity index (χ1) is 6.39. The first kappa shape index (κ1) is 10.1. The molecule has 1 aromatic carbocycles. The van der Waals surface area contributed by atoms with Crippen LogP contribution in [0.25, 0.3) is 0 Å². The first-order valence-corrected chi connectivity index (χ1v) is 4.18. The van der Waals surface area contributed by atoms with Crippen molar-refractivity contribution in [3.8, 4) is 5.75 Å². The second-order valence-corrected chi connectivity index (χ2v) is 2.53. The summed E-state index contributed by atoms with van der Waals surface area (Å²) in [5.74, 6) is 0.322. The minimum atomic E-state index is 0.322. The highest BCUT2D eigenvalue weighted by atomic mass is 16.6. The lowest BCUT2D eigenvalue weighted by molar-refractivity contribution is 0.156. The van der Waals surface area contributed by atoms with Crippen LogP contribution in [0.1, 0.15) is 6.42 Å². The minimum absolute atomic E-state index is 0.322. The van der Waals surface area contributed by atoms with Gasteiger partial charge in [0.05, 0.1) is 0 Å². The predicted octanol–water partition coefficient (Wildman–Crippen LogP) is 1.35. The van der Waals surface area contributed by atoms with Gasteiger partial charge in [0, 0.05) is 13.2 Å². The average Bonchev–Trinajstić information content (AvgIpc) is 2.22. The van der Waals surface area contributed by atoms with Crippen molar-refractivity contribution < 1.29 is 14.4 Å². The lowest BCUT2D eigenvalue weighted by atomic mass is 10.3. The number of para-hydroxylation sites is 1. The fourth-order valence-electron chi connectivity index (χ4n) is 0.798. The van der Waals surface area contributed by atoms with Crippen molar-refractivity contribution in [1.29, 1.82) is 0 Å². The van der Waals surface area contributed by atoms with Crippen LogP contribution in [0.5, 0.6) is 5.75 Å². The molecule has 0 unspecified atom stereocenters. The fourth-order valence-corrected chi connectivity index (χ4v) is 0.798. The Hall–Kier alpha value is -0.995. The molecular weight excluding hydrogens is 167 g/mol. The largest absolute Gasteiger partial charge is 0.508 e. The molecule has 0 aromatic heterocycles. The molecule has 13 heavy (non-hydrogen) atoms. The number of rotatable bonds is 0. The molecule has 1 aliphatic rings. The Morgan fingerprint density at radius 2 is 1.69 bits per heavy atom. The Bertz CT molecular complexity index is 200. The fraction of sp³-hybridized carbons (Fsp3) is 0.333. The number of hydrogen-bond acceptors (Lipinski definition) is 3. The summed E-state index contributed by atoms with van der Waals surface area (Å²) in [5, 5.41) is 8.63. The Morgan fingerprint density at radius 1 is 1.08 bits per heavy atom. The average molecular weight is 179 g/mol. The lowest BCUT2D eigenvalue weighted by Gasteiger charge is -2.07. The monoisotopic (exact) mass is 179 g/mol. The highest BCUT2D eigenvalue weighted by Crippen LogP contribution is 2.02. The molecule has 0 aliphatic carbocycles. The summed E-state index contributed by atoms with van der Waals surface area (Å²) >= 11 is 0. The number of phenolic OH excluding ortho intramolecular Hbond substituents is 1. The van der Waals surface area contributed by atoms with Crippen molar-refractivity contribution in [3.63, 3.8) is 0 Å². The summed E-state index contributed by atoms with van der Waals surface area (Å²) in [4.78, 5) is 0. The van der Waals surface area contributed by atoms with Crippen molar-refractivity contribution in [2.45, 2.75) is 6.42 Å². The SMILES string of the molecule is Oc1ccccc1.[B]1OCCCO1. The van der Waals surface area contributed by atoms with Gasteiger partial charge < -0.3 is 14.4 Å². The molecule has 1 aliphatic heterocycles. The molecule has 3 nitrogen and oxygen atoms in total. The van der Waals surface area contributed by atoms with Gasteiger partial charge >= 0.3 is 7.69 Å². The van der Waals surface area contributed by atoms with Crippen molar-refractivity contribution in [3.05, 3.63) is 30.3 Å². The van der Waals surface area contributed by atoms with E-state index in [2.05, 4.69) is 0 Å². The molecular formula is C9H12BO3. The van der Waals surface area contributed by atoms with Gasteiger partial charge in [-0.2, -0.15) is 0 Å². The molecule has 1 heterocycles. The lowest BCUT2D eigenvalue weighted by Crippen LogP contribution is -2.14. The van der Waals surface area contributed by atoms with Crippen LogP contribution in [0.15, 0.2) is 30.3 Å². The summed E-state index contributed by atoms with van der Waals surface area (Å²) in [6.45, 7) is 1.64. The van der Waals surface area contributed by atoms with Gasteiger partial charge in [-0.05, 0) is 18.6 Å². The molecule has 1 aromatic rings. The van der Waals surface area contributed by atoms with Crippen LogP contribution in [0, 0.1) is 0 Å². The second-order valence-electron chi connectivity index (χ2n) is 2.53. The van der Waals surface area contributed by atoms with Gasteiger partial charge in [-0.3, -0.25) is 0 Å². The maximum Gasteiger partial charge on any atom is 0.487 e. The quantitative estimate of drug-likeness (QED) is 0.611. The van der Waals surface area contributed by atoms with E-state index < -0.39 is 0 Å². The summed E-state index contributed by atoms with van der Waals surface area (Å²) < 4.78 is 9.44. The standard InChI is InChI=1S/C6H6O.C3H6BO2/c7-6-4-2-1-3-5-6;1-2-5-4-6-3-1/h1-5,7H;1-3H2. The third-order valence-electron chi connectivity index (χ3n) is 1.42. The van der Waals surface area contributed by atoms with Crippen molar-refractivity contribution in [2.75, 3.05) is 13.2 Å². The van der Waals surface area contributed by atoms with Crippen LogP contribution >= 0.6 is 0 Å². The van der Waals surface area contributed by atoms with Crippen molar-refractivity contribution in [2.24, 2.45) is 0 Å². The molecule has 0 atom stereocenters. The summed E-state index contributed by atoms with van der Waals surface area (Å²) in [6, 6.07) is 8.71. The summed E-state index contributed by atoms with van der Waals surface area (Å²) in [5.41, 5.74) is 0. The second kappa shape index (κ2) is 6.51. The van der Waals surface area contributed by atoms with Crippen molar-refractivity contribution >= 4 is 7.69 Å². The Labute approximate surface area is 78.6 Å². The van der Waals surface area contributed by atoms with E-state index in [1.807, 2.05) is 6.07 Å². The van der Waals surface area contributed by atoms with Crippen LogP contribution < -0.4 is 0 Å². The maximum absolute atomic E-state index is 8.63. The van der Waals surface area contributed by atoms with Crippen LogP contribution in [0.2, 0.25) is 0 Å². The normalized spacial score (nSPS) is 15.1. The smallest absolute Gasteiger partial charge is 0.487 e. The predicted molar refractivity (Wildman–Crippen MR) is 50.4 cm³/mol. The van der Waals surface area contributed by atoms with E-state index in [0.29, 0.717) is 5.75 Å². The van der Waals surface area contributed by atoms with E-state index in [4.69, 9.17) is 14.4 Å². The highest BCUT2D eigenvalue weighted by Gasteiger charge is 1.99. The van der Waals surface area contributed by atoms with Gasteiger partial charge in [0.15, 0.2) is 0 Å². The maximum atomic E-state index is 8.63. The van der Waals surface area contributed by atoms with Gasteiger partial charge in [0.1, 0.15) is 5.75 Å². The molecule has 0 amide bonds. The van der Waals surface area contributed by atoms with E-state index in [1.165, 1.54) is 7.69 Å². The molecule has 0 bridgehead atoms. The van der Waals surface area contributed by atoms with Crippen LogP contribution in [0.4, 0.5) is 0 Å². The number of hydrogen-bond donors (Lipinski definition) is 1. The van der Waals surface area contributed by atoms with Gasteiger partial charge in [-0.25, -0.2) is 0 Å². The zero-order valence-electron chi connectivity index (χ0n) is 7.35. The molecule has 1 fully saturated rings. The first-order valence-electron chi connectivity index (χ1n) is 4.18. The van der Waals surface area contributed by atoms with E-state index >= 15 is 0 Å². The molecule has 4 heteroatoms. The number of benzene rings is 1. The van der Waals surface area contributed by atoms with Gasteiger partial charge in [0.25, 0.3) is 0 Å². The van der Waals surface area contributed by atoms with Crippen LogP contribution in [-0.4, -0.2) is 26.0 Å². The van der Waals surface area contributed by atoms with Crippen LogP contribution in [0.3, 0.4) is 0 Å². The molecule has 2 rings (SSSR count). The van der Waals surface area contributed by atoms with E-state index in [9.17, 15) is 0 Å². The summed E-state index contributed by atoms with van der Waals surface area (Å²) in [7, 11) is 1.39. The number of phenols is 1. The molecule has 69 valence electrons. The van der Waals surface area contributed by atoms with E-state index in [-0.39, 0.29) is 0 Å². The van der Waals surface area contributed by atoms with Crippen molar-refractivity contribution in [1.82, 2.24) is 0 Å². The van der Waals surface area contributed by atoms with Gasteiger partial charge in [-0.1, -0.05) is 18.2 Å². The zero-order chi connectivity index (χ0) is 9.36. The Morgan fingerprint density at radius 3 is 1.92 bits per heavy atom. The topological polar surface area (TPSA) is 38.7 Å². The zero-order valence-corrected chi connectivity index (χ0v) is 7.35. The van der Waals surface area contributed by atoms with E-state index in [0.717, 1.165) is 19.6 Å². The van der Waals surface area contributed by atoms with Gasteiger partial charge in [0.2, 0.25) is 0 Å². The van der Waals surface area contributed by atoms with Gasteiger partial charge in [-0.15, -0.1) is 0 Å². The minimum Gasteiger partial charge on any atom is -0.508 e.